The van der Waals surface area contributed by atoms with Gasteiger partial charge in [-0.05, 0) is 50.0 Å². The average Bonchev–Trinajstić information content (AvgIpc) is 2.48. The van der Waals surface area contributed by atoms with Crippen LogP contribution in [0.2, 0.25) is 5.02 Å². The van der Waals surface area contributed by atoms with Crippen molar-refractivity contribution in [1.29, 1.82) is 0 Å². The Morgan fingerprint density at radius 2 is 2.27 bits per heavy atom. The summed E-state index contributed by atoms with van der Waals surface area (Å²) in [5.74, 6) is 0.907. The van der Waals surface area contributed by atoms with Crippen molar-refractivity contribution < 1.29 is 9.53 Å². The van der Waals surface area contributed by atoms with Crippen LogP contribution in [0.3, 0.4) is 0 Å². The predicted octanol–water partition coefficient (Wildman–Crippen LogP) is 3.28. The van der Waals surface area contributed by atoms with Crippen LogP contribution < -0.4 is 15.4 Å². The van der Waals surface area contributed by atoms with E-state index in [2.05, 4.69) is 17.6 Å². The molecular formula is C16H24Cl2N2O2. The number of hydrogen-bond donors (Lipinski definition) is 2. The summed E-state index contributed by atoms with van der Waals surface area (Å²) in [5.41, 5.74) is 0.515. The van der Waals surface area contributed by atoms with E-state index in [-0.39, 0.29) is 24.4 Å². The molecule has 1 saturated heterocycles. The minimum atomic E-state index is -0.109. The van der Waals surface area contributed by atoms with Gasteiger partial charge in [-0.3, -0.25) is 4.79 Å². The van der Waals surface area contributed by atoms with Crippen molar-refractivity contribution in [3.63, 3.8) is 0 Å². The fourth-order valence-corrected chi connectivity index (χ4v) is 2.66. The van der Waals surface area contributed by atoms with Gasteiger partial charge in [-0.1, -0.05) is 25.4 Å². The Kier molecular flexibility index (Phi) is 8.01. The van der Waals surface area contributed by atoms with E-state index in [9.17, 15) is 4.79 Å². The molecule has 2 rings (SSSR count). The van der Waals surface area contributed by atoms with Crippen LogP contribution in [-0.2, 0) is 0 Å². The molecule has 124 valence electrons. The quantitative estimate of drug-likeness (QED) is 0.860. The van der Waals surface area contributed by atoms with Gasteiger partial charge in [0.1, 0.15) is 5.75 Å². The Morgan fingerprint density at radius 1 is 1.50 bits per heavy atom. The molecule has 2 atom stereocenters. The number of nitrogens with one attached hydrogen (secondary N) is 2. The SMILES string of the molecule is CCCOc1ccc(Cl)cc1C(=O)NC1CCNCC1C.Cl. The highest BCUT2D eigenvalue weighted by Crippen LogP contribution is 2.24. The largest absolute Gasteiger partial charge is 0.493 e. The van der Waals surface area contributed by atoms with Crippen molar-refractivity contribution in [2.75, 3.05) is 19.7 Å². The number of carbonyl (C=O) groups excluding carboxylic acids is 1. The molecule has 1 aromatic rings. The van der Waals surface area contributed by atoms with Gasteiger partial charge in [0.05, 0.1) is 12.2 Å². The number of piperidine rings is 1. The molecule has 0 aromatic heterocycles. The third-order valence-corrected chi connectivity index (χ3v) is 3.98. The number of hydrogen-bond acceptors (Lipinski definition) is 3. The Balaban J connectivity index is 0.00000242. The van der Waals surface area contributed by atoms with Gasteiger partial charge in [-0.2, -0.15) is 0 Å². The second-order valence-corrected chi connectivity index (χ2v) is 5.98. The zero-order chi connectivity index (χ0) is 15.2. The van der Waals surface area contributed by atoms with Crippen LogP contribution in [0.4, 0.5) is 0 Å². The molecule has 22 heavy (non-hydrogen) atoms. The van der Waals surface area contributed by atoms with Gasteiger partial charge >= 0.3 is 0 Å². The summed E-state index contributed by atoms with van der Waals surface area (Å²) in [7, 11) is 0. The highest BCUT2D eigenvalue weighted by Gasteiger charge is 2.24. The molecule has 4 nitrogen and oxygen atoms in total. The maximum Gasteiger partial charge on any atom is 0.255 e. The molecule has 0 aliphatic carbocycles. The molecule has 0 radical (unpaired) electrons. The first kappa shape index (κ1) is 19.1. The van der Waals surface area contributed by atoms with Crippen LogP contribution in [0, 0.1) is 5.92 Å². The molecule has 0 bridgehead atoms. The lowest BCUT2D eigenvalue weighted by atomic mass is 9.95. The van der Waals surface area contributed by atoms with Gasteiger partial charge in [-0.15, -0.1) is 12.4 Å². The molecule has 1 aliphatic rings. The number of amides is 1. The van der Waals surface area contributed by atoms with E-state index in [1.54, 1.807) is 18.2 Å². The first-order valence-corrected chi connectivity index (χ1v) is 7.93. The van der Waals surface area contributed by atoms with E-state index in [1.165, 1.54) is 0 Å². The van der Waals surface area contributed by atoms with Crippen molar-refractivity contribution in [2.45, 2.75) is 32.7 Å². The maximum absolute atomic E-state index is 12.5. The molecule has 2 unspecified atom stereocenters. The highest BCUT2D eigenvalue weighted by atomic mass is 35.5. The zero-order valence-corrected chi connectivity index (χ0v) is 14.6. The van der Waals surface area contributed by atoms with E-state index >= 15 is 0 Å². The summed E-state index contributed by atoms with van der Waals surface area (Å²) in [6.45, 7) is 6.63. The number of halogens is 2. The summed E-state index contributed by atoms with van der Waals surface area (Å²) in [4.78, 5) is 12.5. The van der Waals surface area contributed by atoms with Gasteiger partial charge in [0, 0.05) is 11.1 Å². The normalized spacial score (nSPS) is 20.9. The molecule has 2 N–H and O–H groups in total. The fourth-order valence-electron chi connectivity index (χ4n) is 2.49. The van der Waals surface area contributed by atoms with Gasteiger partial charge in [0.15, 0.2) is 0 Å². The van der Waals surface area contributed by atoms with Crippen molar-refractivity contribution >= 4 is 29.9 Å². The van der Waals surface area contributed by atoms with Gasteiger partial charge in [0.25, 0.3) is 5.91 Å². The predicted molar refractivity (Wildman–Crippen MR) is 92.4 cm³/mol. The standard InChI is InChI=1S/C16H23ClN2O2.ClH/c1-3-8-21-15-5-4-12(17)9-13(15)16(20)19-14-6-7-18-10-11(14)2;/h4-5,9,11,14,18H,3,6-8,10H2,1-2H3,(H,19,20);1H. The van der Waals surface area contributed by atoms with Gasteiger partial charge in [0.2, 0.25) is 0 Å². The second kappa shape index (κ2) is 9.23. The van der Waals surface area contributed by atoms with Crippen molar-refractivity contribution in [2.24, 2.45) is 5.92 Å². The molecule has 1 fully saturated rings. The third kappa shape index (κ3) is 5.04. The third-order valence-electron chi connectivity index (χ3n) is 3.75. The number of ether oxygens (including phenoxy) is 1. The summed E-state index contributed by atoms with van der Waals surface area (Å²) >= 11 is 6.02. The topological polar surface area (TPSA) is 50.4 Å². The van der Waals surface area contributed by atoms with Gasteiger partial charge < -0.3 is 15.4 Å². The summed E-state index contributed by atoms with van der Waals surface area (Å²) < 4.78 is 5.65. The molecule has 1 aromatic carbocycles. The van der Waals surface area contributed by atoms with E-state index in [0.717, 1.165) is 25.9 Å². The fraction of sp³-hybridized carbons (Fsp3) is 0.562. The van der Waals surface area contributed by atoms with Crippen molar-refractivity contribution in [3.8, 4) is 5.75 Å². The lowest BCUT2D eigenvalue weighted by Gasteiger charge is -2.30. The highest BCUT2D eigenvalue weighted by molar-refractivity contribution is 6.31. The first-order chi connectivity index (χ1) is 10.1. The Morgan fingerprint density at radius 3 is 2.95 bits per heavy atom. The minimum absolute atomic E-state index is 0. The Hall–Kier alpha value is -0.970. The molecule has 1 amide bonds. The lowest BCUT2D eigenvalue weighted by Crippen LogP contribution is -2.48. The summed E-state index contributed by atoms with van der Waals surface area (Å²) in [6.07, 6.45) is 1.84. The van der Waals surface area contributed by atoms with Crippen LogP contribution in [-0.4, -0.2) is 31.6 Å². The van der Waals surface area contributed by atoms with Crippen LogP contribution in [0.5, 0.6) is 5.75 Å². The van der Waals surface area contributed by atoms with E-state index in [4.69, 9.17) is 16.3 Å². The smallest absolute Gasteiger partial charge is 0.255 e. The lowest BCUT2D eigenvalue weighted by molar-refractivity contribution is 0.0910. The molecular weight excluding hydrogens is 323 g/mol. The van der Waals surface area contributed by atoms with Crippen LogP contribution in [0.15, 0.2) is 18.2 Å². The average molecular weight is 347 g/mol. The number of carbonyl (C=O) groups is 1. The zero-order valence-electron chi connectivity index (χ0n) is 13.0. The first-order valence-electron chi connectivity index (χ1n) is 7.55. The van der Waals surface area contributed by atoms with E-state index in [0.29, 0.717) is 28.9 Å². The van der Waals surface area contributed by atoms with E-state index < -0.39 is 0 Å². The van der Waals surface area contributed by atoms with Crippen molar-refractivity contribution in [1.82, 2.24) is 10.6 Å². The molecule has 0 spiro atoms. The van der Waals surface area contributed by atoms with E-state index in [1.807, 2.05) is 6.92 Å². The van der Waals surface area contributed by atoms with Crippen molar-refractivity contribution in [3.05, 3.63) is 28.8 Å². The van der Waals surface area contributed by atoms with Crippen LogP contribution in [0.1, 0.15) is 37.0 Å². The van der Waals surface area contributed by atoms with Gasteiger partial charge in [-0.25, -0.2) is 0 Å². The molecule has 1 heterocycles. The maximum atomic E-state index is 12.5. The molecule has 6 heteroatoms. The monoisotopic (exact) mass is 346 g/mol. The minimum Gasteiger partial charge on any atom is -0.493 e. The summed E-state index contributed by atoms with van der Waals surface area (Å²) in [5, 5.41) is 6.98. The Labute approximate surface area is 143 Å². The Bertz CT molecular complexity index is 497. The molecule has 0 saturated carbocycles. The number of benzene rings is 1. The van der Waals surface area contributed by atoms with Crippen LogP contribution in [0.25, 0.3) is 0 Å². The van der Waals surface area contributed by atoms with Crippen LogP contribution >= 0.6 is 24.0 Å². The number of rotatable bonds is 5. The molecule has 1 aliphatic heterocycles. The summed E-state index contributed by atoms with van der Waals surface area (Å²) in [6, 6.07) is 5.37. The second-order valence-electron chi connectivity index (χ2n) is 5.54.